The summed E-state index contributed by atoms with van der Waals surface area (Å²) in [4.78, 5) is 34.7. The summed E-state index contributed by atoms with van der Waals surface area (Å²) in [5.41, 5.74) is -0.246. The molecule has 0 bridgehead atoms. The van der Waals surface area contributed by atoms with Crippen LogP contribution in [0.4, 0.5) is 11.4 Å². The van der Waals surface area contributed by atoms with Crippen LogP contribution in [0.3, 0.4) is 0 Å². The van der Waals surface area contributed by atoms with Gasteiger partial charge in [0.15, 0.2) is 6.10 Å². The molecule has 0 unspecified atom stereocenters. The molecule has 0 spiro atoms. The van der Waals surface area contributed by atoms with Gasteiger partial charge in [-0.2, -0.15) is 0 Å². The van der Waals surface area contributed by atoms with Crippen molar-refractivity contribution in [1.82, 2.24) is 0 Å². The molecule has 0 aliphatic carbocycles. The van der Waals surface area contributed by atoms with Crippen molar-refractivity contribution >= 4 is 46.5 Å². The Balaban J connectivity index is 2.13. The van der Waals surface area contributed by atoms with E-state index < -0.39 is 22.9 Å². The molecule has 0 fully saturated rings. The zero-order chi connectivity index (χ0) is 20.1. The van der Waals surface area contributed by atoms with Crippen LogP contribution in [0.1, 0.15) is 17.3 Å². The predicted octanol–water partition coefficient (Wildman–Crippen LogP) is 4.09. The largest absolute Gasteiger partial charge is 0.495 e. The van der Waals surface area contributed by atoms with Crippen LogP contribution in [0.25, 0.3) is 0 Å². The number of methoxy groups -OCH3 is 1. The van der Waals surface area contributed by atoms with Crippen molar-refractivity contribution in [2.45, 2.75) is 13.0 Å². The lowest BCUT2D eigenvalue weighted by Crippen LogP contribution is -2.30. The van der Waals surface area contributed by atoms with E-state index in [1.165, 1.54) is 26.2 Å². The molecule has 1 amide bonds. The highest BCUT2D eigenvalue weighted by Crippen LogP contribution is 2.28. The lowest BCUT2D eigenvalue weighted by Gasteiger charge is -2.15. The number of nitro groups is 1. The number of non-ortho nitro benzene ring substituents is 1. The molecule has 0 aliphatic rings. The van der Waals surface area contributed by atoms with Crippen LogP contribution in [0.15, 0.2) is 36.4 Å². The van der Waals surface area contributed by atoms with Crippen molar-refractivity contribution in [2.75, 3.05) is 12.4 Å². The molecule has 8 nitrogen and oxygen atoms in total. The zero-order valence-electron chi connectivity index (χ0n) is 14.2. The molecule has 0 saturated carbocycles. The van der Waals surface area contributed by atoms with Crippen LogP contribution < -0.4 is 10.1 Å². The predicted molar refractivity (Wildman–Crippen MR) is 99.6 cm³/mol. The zero-order valence-corrected chi connectivity index (χ0v) is 15.7. The van der Waals surface area contributed by atoms with Crippen LogP contribution in [0, 0.1) is 10.1 Å². The molecule has 0 heterocycles. The third-order valence-corrected chi connectivity index (χ3v) is 4.02. The van der Waals surface area contributed by atoms with Gasteiger partial charge in [-0.1, -0.05) is 23.2 Å². The molecule has 0 aliphatic heterocycles. The summed E-state index contributed by atoms with van der Waals surface area (Å²) in [6.45, 7) is 1.34. The highest BCUT2D eigenvalue weighted by atomic mass is 35.5. The van der Waals surface area contributed by atoms with E-state index in [1.54, 1.807) is 12.1 Å². The molecule has 0 aromatic heterocycles. The van der Waals surface area contributed by atoms with Gasteiger partial charge in [0, 0.05) is 17.2 Å². The third-order valence-electron chi connectivity index (χ3n) is 3.45. The first-order chi connectivity index (χ1) is 12.7. The second-order valence-corrected chi connectivity index (χ2v) is 6.15. The van der Waals surface area contributed by atoms with E-state index in [9.17, 15) is 19.7 Å². The average molecular weight is 413 g/mol. The van der Waals surface area contributed by atoms with Crippen molar-refractivity contribution in [3.05, 3.63) is 62.1 Å². The topological polar surface area (TPSA) is 108 Å². The smallest absolute Gasteiger partial charge is 0.340 e. The van der Waals surface area contributed by atoms with Crippen molar-refractivity contribution in [3.63, 3.8) is 0 Å². The monoisotopic (exact) mass is 412 g/mol. The minimum Gasteiger partial charge on any atom is -0.495 e. The summed E-state index contributed by atoms with van der Waals surface area (Å²) in [5.74, 6) is -1.25. The highest BCUT2D eigenvalue weighted by Gasteiger charge is 2.23. The number of rotatable bonds is 6. The number of anilines is 1. The molecule has 27 heavy (non-hydrogen) atoms. The van der Waals surface area contributed by atoms with Crippen LogP contribution in [-0.2, 0) is 9.53 Å². The van der Waals surface area contributed by atoms with E-state index in [0.29, 0.717) is 16.5 Å². The van der Waals surface area contributed by atoms with Gasteiger partial charge in [0.05, 0.1) is 28.3 Å². The first-order valence-corrected chi connectivity index (χ1v) is 8.28. The van der Waals surface area contributed by atoms with Gasteiger partial charge in [-0.3, -0.25) is 14.9 Å². The summed E-state index contributed by atoms with van der Waals surface area (Å²) in [5, 5.41) is 13.7. The van der Waals surface area contributed by atoms with Crippen molar-refractivity contribution < 1.29 is 24.0 Å². The van der Waals surface area contributed by atoms with E-state index >= 15 is 0 Å². The van der Waals surface area contributed by atoms with Crippen LogP contribution in [-0.4, -0.2) is 30.0 Å². The molecule has 10 heteroatoms. The Labute approximate surface area is 164 Å². The number of nitro benzene ring substituents is 1. The number of esters is 1. The number of ether oxygens (including phenoxy) is 2. The first kappa shape index (κ1) is 20.5. The second kappa shape index (κ2) is 8.70. The van der Waals surface area contributed by atoms with Gasteiger partial charge in [0.2, 0.25) is 0 Å². The number of nitrogens with zero attached hydrogens (tertiary/aromatic N) is 1. The molecule has 2 rings (SSSR count). The van der Waals surface area contributed by atoms with E-state index in [-0.39, 0.29) is 16.3 Å². The van der Waals surface area contributed by atoms with E-state index in [1.807, 2.05) is 0 Å². The number of amides is 1. The molecule has 0 radical (unpaired) electrons. The van der Waals surface area contributed by atoms with Gasteiger partial charge in [-0.25, -0.2) is 4.79 Å². The Kier molecular flexibility index (Phi) is 6.59. The number of carbonyl (C=O) groups excluding carboxylic acids is 2. The maximum absolute atomic E-state index is 12.3. The SMILES string of the molecule is COc1ccc(Cl)cc1NC(=O)[C@@H](C)OC(=O)c1cc([N+](=O)[O-])ccc1Cl. The van der Waals surface area contributed by atoms with Crippen LogP contribution in [0.2, 0.25) is 10.0 Å². The molecular weight excluding hydrogens is 399 g/mol. The summed E-state index contributed by atoms with van der Waals surface area (Å²) in [6.07, 6.45) is -1.21. The standard InChI is InChI=1S/C17H14Cl2N2O6/c1-9(16(22)20-14-7-10(18)3-6-15(14)26-2)27-17(23)12-8-11(21(24)25)4-5-13(12)19/h3-9H,1-2H3,(H,20,22)/t9-/m1/s1. The fourth-order valence-electron chi connectivity index (χ4n) is 2.07. The number of benzene rings is 2. The Bertz CT molecular complexity index is 903. The first-order valence-electron chi connectivity index (χ1n) is 7.52. The molecule has 2 aromatic rings. The average Bonchev–Trinajstić information content (AvgIpc) is 2.61. The summed E-state index contributed by atoms with van der Waals surface area (Å²) < 4.78 is 10.2. The molecule has 1 atom stereocenters. The third kappa shape index (κ3) is 5.08. The second-order valence-electron chi connectivity index (χ2n) is 5.30. The van der Waals surface area contributed by atoms with E-state index in [2.05, 4.69) is 5.32 Å². The quantitative estimate of drug-likeness (QED) is 0.434. The number of carbonyl (C=O) groups is 2. The maximum atomic E-state index is 12.3. The normalized spacial score (nSPS) is 11.4. The number of hydrogen-bond donors (Lipinski definition) is 1. The van der Waals surface area contributed by atoms with Gasteiger partial charge in [0.25, 0.3) is 11.6 Å². The molecular formula is C17H14Cl2N2O6. The fraction of sp³-hybridized carbons (Fsp3) is 0.176. The van der Waals surface area contributed by atoms with E-state index in [4.69, 9.17) is 32.7 Å². The number of hydrogen-bond acceptors (Lipinski definition) is 6. The van der Waals surface area contributed by atoms with Gasteiger partial charge in [0.1, 0.15) is 5.75 Å². The van der Waals surface area contributed by atoms with Gasteiger partial charge >= 0.3 is 5.97 Å². The summed E-state index contributed by atoms with van der Waals surface area (Å²) >= 11 is 11.8. The number of halogens is 2. The van der Waals surface area contributed by atoms with Gasteiger partial charge in [-0.15, -0.1) is 0 Å². The lowest BCUT2D eigenvalue weighted by atomic mass is 10.2. The minimum atomic E-state index is -1.21. The molecule has 2 aromatic carbocycles. The van der Waals surface area contributed by atoms with Crippen molar-refractivity contribution in [3.8, 4) is 5.75 Å². The Morgan fingerprint density at radius 1 is 1.19 bits per heavy atom. The summed E-state index contributed by atoms with van der Waals surface area (Å²) in [7, 11) is 1.42. The van der Waals surface area contributed by atoms with Gasteiger partial charge < -0.3 is 14.8 Å². The van der Waals surface area contributed by atoms with Crippen molar-refractivity contribution in [1.29, 1.82) is 0 Å². The van der Waals surface area contributed by atoms with Crippen molar-refractivity contribution in [2.24, 2.45) is 0 Å². The van der Waals surface area contributed by atoms with E-state index in [0.717, 1.165) is 12.1 Å². The van der Waals surface area contributed by atoms with Crippen LogP contribution >= 0.6 is 23.2 Å². The Morgan fingerprint density at radius 3 is 2.52 bits per heavy atom. The molecule has 1 N–H and O–H groups in total. The highest BCUT2D eigenvalue weighted by molar-refractivity contribution is 6.33. The summed E-state index contributed by atoms with van der Waals surface area (Å²) in [6, 6.07) is 7.97. The molecule has 142 valence electrons. The van der Waals surface area contributed by atoms with Crippen LogP contribution in [0.5, 0.6) is 5.75 Å². The Morgan fingerprint density at radius 2 is 1.89 bits per heavy atom. The molecule has 0 saturated heterocycles. The minimum absolute atomic E-state index is 0.0327. The maximum Gasteiger partial charge on any atom is 0.340 e. The fourth-order valence-corrected chi connectivity index (χ4v) is 2.44. The number of nitrogens with one attached hydrogen (secondary N) is 1. The lowest BCUT2D eigenvalue weighted by molar-refractivity contribution is -0.384. The Hall–Kier alpha value is -2.84. The van der Waals surface area contributed by atoms with Gasteiger partial charge in [-0.05, 0) is 31.2 Å².